The number of fused-ring (bicyclic) bond motifs is 1. The molecule has 1 aromatic carbocycles. The van der Waals surface area contributed by atoms with Crippen LogP contribution in [0.4, 0.5) is 10.6 Å². The van der Waals surface area contributed by atoms with Crippen LogP contribution < -0.4 is 4.90 Å². The standard InChI is InChI=1S/C27H28N6O3/c1-5-35-25(2,3)22-13-30-23(14-29-22)33-17-27(36-24(33)34)10-6-9-26(4,15-27)16-32-18-31-20-8-7-19(12-28)11-21(20)32/h1,7-8,11,13-14,18H,6,9-10,15-17H2,2-4H3/t26-,27-/m0/s1. The lowest BCUT2D eigenvalue weighted by atomic mass is 9.68. The number of nitriles is 1. The first-order valence-corrected chi connectivity index (χ1v) is 12.0. The Kier molecular flexibility index (Phi) is 5.60. The lowest BCUT2D eigenvalue weighted by Gasteiger charge is -2.43. The van der Waals surface area contributed by atoms with Gasteiger partial charge in [-0.1, -0.05) is 13.3 Å². The number of anilines is 1. The van der Waals surface area contributed by atoms with E-state index >= 15 is 0 Å². The van der Waals surface area contributed by atoms with Crippen LogP contribution in [0.3, 0.4) is 0 Å². The van der Waals surface area contributed by atoms with Crippen molar-refractivity contribution >= 4 is 22.9 Å². The Morgan fingerprint density at radius 3 is 2.81 bits per heavy atom. The van der Waals surface area contributed by atoms with Gasteiger partial charge in [0.25, 0.3) is 0 Å². The van der Waals surface area contributed by atoms with Gasteiger partial charge in [0, 0.05) is 6.54 Å². The third kappa shape index (κ3) is 4.22. The van der Waals surface area contributed by atoms with E-state index in [0.717, 1.165) is 36.8 Å². The summed E-state index contributed by atoms with van der Waals surface area (Å²) >= 11 is 0. The summed E-state index contributed by atoms with van der Waals surface area (Å²) in [7, 11) is 0. The molecule has 1 aliphatic heterocycles. The lowest BCUT2D eigenvalue weighted by Crippen LogP contribution is -2.45. The van der Waals surface area contributed by atoms with Crippen molar-refractivity contribution in [3.63, 3.8) is 0 Å². The van der Waals surface area contributed by atoms with Gasteiger partial charge in [-0.15, -0.1) is 0 Å². The number of carbonyl (C=O) groups is 1. The molecule has 1 aliphatic carbocycles. The Morgan fingerprint density at radius 1 is 1.25 bits per heavy atom. The number of rotatable bonds is 5. The fourth-order valence-corrected chi connectivity index (χ4v) is 5.58. The maximum atomic E-state index is 12.9. The summed E-state index contributed by atoms with van der Waals surface area (Å²) in [4.78, 5) is 27.9. The molecular formula is C27H28N6O3. The summed E-state index contributed by atoms with van der Waals surface area (Å²) in [6.45, 7) is 6.98. The number of hydrogen-bond acceptors (Lipinski definition) is 7. The number of benzene rings is 1. The van der Waals surface area contributed by atoms with Crippen LogP contribution in [0.1, 0.15) is 57.7 Å². The Bertz CT molecular complexity index is 1400. The highest BCUT2D eigenvalue weighted by atomic mass is 16.6. The van der Waals surface area contributed by atoms with E-state index in [2.05, 4.69) is 38.6 Å². The molecule has 3 aromatic rings. The summed E-state index contributed by atoms with van der Waals surface area (Å²) in [6, 6.07) is 7.73. The van der Waals surface area contributed by atoms with Crippen molar-refractivity contribution in [2.75, 3.05) is 11.4 Å². The van der Waals surface area contributed by atoms with Gasteiger partial charge in [-0.05, 0) is 63.1 Å². The first-order valence-electron chi connectivity index (χ1n) is 12.0. The molecule has 9 heteroatoms. The third-order valence-electron chi connectivity index (χ3n) is 7.28. The van der Waals surface area contributed by atoms with Crippen LogP contribution in [0.25, 0.3) is 11.0 Å². The van der Waals surface area contributed by atoms with Crippen LogP contribution >= 0.6 is 0 Å². The topological polar surface area (TPSA) is 106 Å². The first-order chi connectivity index (χ1) is 17.2. The molecule has 2 aromatic heterocycles. The van der Waals surface area contributed by atoms with E-state index in [4.69, 9.17) is 15.9 Å². The van der Waals surface area contributed by atoms with Gasteiger partial charge >= 0.3 is 6.09 Å². The van der Waals surface area contributed by atoms with Crippen LogP contribution in [0.15, 0.2) is 36.9 Å². The summed E-state index contributed by atoms with van der Waals surface area (Å²) in [5.74, 6) is 0.439. The molecule has 2 fully saturated rings. The molecular weight excluding hydrogens is 456 g/mol. The fraction of sp³-hybridized carbons (Fsp3) is 0.444. The van der Waals surface area contributed by atoms with Gasteiger partial charge in [-0.2, -0.15) is 5.26 Å². The maximum absolute atomic E-state index is 12.9. The SMILES string of the molecule is C#COC(C)(C)c1cnc(N2C[C@@]3(CCC[C@](C)(Cn4cnc5ccc(C#N)cc54)C3)OC2=O)cn1. The average Bonchev–Trinajstić information content (AvgIpc) is 3.38. The molecule has 3 heterocycles. The number of nitrogens with zero attached hydrogens (tertiary/aromatic N) is 6. The van der Waals surface area contributed by atoms with Crippen molar-refractivity contribution in [2.45, 2.75) is 64.2 Å². The van der Waals surface area contributed by atoms with Gasteiger partial charge in [-0.25, -0.2) is 14.8 Å². The molecule has 0 N–H and O–H groups in total. The molecule has 0 unspecified atom stereocenters. The van der Waals surface area contributed by atoms with Crippen LogP contribution in [0, 0.1) is 29.3 Å². The number of hydrogen-bond donors (Lipinski definition) is 0. The van der Waals surface area contributed by atoms with Gasteiger partial charge in [0.1, 0.15) is 17.4 Å². The number of carbonyl (C=O) groups excluding carboxylic acids is 1. The van der Waals surface area contributed by atoms with Crippen LogP contribution in [0.5, 0.6) is 0 Å². The van der Waals surface area contributed by atoms with Crippen molar-refractivity contribution in [3.8, 4) is 18.6 Å². The molecule has 9 nitrogen and oxygen atoms in total. The summed E-state index contributed by atoms with van der Waals surface area (Å²) < 4.78 is 13.4. The number of terminal acetylenes is 1. The number of aromatic nitrogens is 4. The second-order valence-corrected chi connectivity index (χ2v) is 10.7. The van der Waals surface area contributed by atoms with Crippen LogP contribution in [0.2, 0.25) is 0 Å². The molecule has 1 saturated carbocycles. The fourth-order valence-electron chi connectivity index (χ4n) is 5.58. The zero-order valence-corrected chi connectivity index (χ0v) is 20.7. The molecule has 184 valence electrons. The molecule has 2 atom stereocenters. The smallest absolute Gasteiger partial charge is 0.416 e. The number of ether oxygens (including phenoxy) is 2. The van der Waals surface area contributed by atoms with Gasteiger partial charge in [0.15, 0.2) is 11.4 Å². The van der Waals surface area contributed by atoms with Crippen LogP contribution in [-0.2, 0) is 21.6 Å². The Balaban J connectivity index is 1.35. The van der Waals surface area contributed by atoms with Crippen LogP contribution in [-0.4, -0.2) is 37.8 Å². The molecule has 0 bridgehead atoms. The highest BCUT2D eigenvalue weighted by Gasteiger charge is 2.52. The van der Waals surface area contributed by atoms with Crippen molar-refractivity contribution in [1.29, 1.82) is 5.26 Å². The maximum Gasteiger partial charge on any atom is 0.416 e. The molecule has 36 heavy (non-hydrogen) atoms. The monoisotopic (exact) mass is 484 g/mol. The Hall–Kier alpha value is -4.11. The highest BCUT2D eigenvalue weighted by molar-refractivity contribution is 5.89. The molecule has 2 aliphatic rings. The zero-order chi connectivity index (χ0) is 25.6. The predicted octanol–water partition coefficient (Wildman–Crippen LogP) is 4.52. The zero-order valence-electron chi connectivity index (χ0n) is 20.7. The molecule has 1 spiro atoms. The minimum Gasteiger partial charge on any atom is -0.441 e. The molecule has 5 rings (SSSR count). The third-order valence-corrected chi connectivity index (χ3v) is 7.28. The summed E-state index contributed by atoms with van der Waals surface area (Å²) in [5.41, 5.74) is 1.48. The van der Waals surface area contributed by atoms with Gasteiger partial charge in [0.05, 0.1) is 47.9 Å². The van der Waals surface area contributed by atoms with E-state index in [0.29, 0.717) is 30.0 Å². The normalized spacial score (nSPS) is 23.9. The van der Waals surface area contributed by atoms with E-state index in [1.165, 1.54) is 0 Å². The van der Waals surface area contributed by atoms with Crippen molar-refractivity contribution in [1.82, 2.24) is 19.5 Å². The molecule has 1 amide bonds. The van der Waals surface area contributed by atoms with Gasteiger partial charge in [-0.3, -0.25) is 9.88 Å². The average molecular weight is 485 g/mol. The minimum absolute atomic E-state index is 0.114. The Labute approximate surface area is 210 Å². The van der Waals surface area contributed by atoms with E-state index < -0.39 is 17.3 Å². The highest BCUT2D eigenvalue weighted by Crippen LogP contribution is 2.47. The van der Waals surface area contributed by atoms with Crippen molar-refractivity contribution < 1.29 is 14.3 Å². The largest absolute Gasteiger partial charge is 0.441 e. The summed E-state index contributed by atoms with van der Waals surface area (Å²) in [5, 5.41) is 9.30. The lowest BCUT2D eigenvalue weighted by molar-refractivity contribution is -0.0264. The number of amides is 1. The van der Waals surface area contributed by atoms with E-state index in [1.54, 1.807) is 23.4 Å². The van der Waals surface area contributed by atoms with E-state index in [1.807, 2.05) is 32.3 Å². The predicted molar refractivity (Wildman–Crippen MR) is 133 cm³/mol. The van der Waals surface area contributed by atoms with Gasteiger partial charge < -0.3 is 14.0 Å². The van der Waals surface area contributed by atoms with Crippen molar-refractivity contribution in [2.24, 2.45) is 5.41 Å². The van der Waals surface area contributed by atoms with E-state index in [-0.39, 0.29) is 5.41 Å². The number of imidazole rings is 1. The van der Waals surface area contributed by atoms with Gasteiger partial charge in [0.2, 0.25) is 0 Å². The first kappa shape index (κ1) is 23.6. The molecule has 0 radical (unpaired) electrons. The second kappa shape index (κ2) is 8.53. The second-order valence-electron chi connectivity index (χ2n) is 10.7. The van der Waals surface area contributed by atoms with E-state index in [9.17, 15) is 10.1 Å². The van der Waals surface area contributed by atoms with Crippen molar-refractivity contribution in [3.05, 3.63) is 48.2 Å². The quantitative estimate of drug-likeness (QED) is 0.490. The minimum atomic E-state index is -0.788. The summed E-state index contributed by atoms with van der Waals surface area (Å²) in [6.07, 6.45) is 15.5. The Morgan fingerprint density at radius 2 is 2.08 bits per heavy atom. The molecule has 1 saturated heterocycles.